The predicted molar refractivity (Wildman–Crippen MR) is 96.8 cm³/mol. The molecule has 2 nitrogen and oxygen atoms in total. The summed E-state index contributed by atoms with van der Waals surface area (Å²) in [4.78, 5) is 4.92. The molecule has 0 radical (unpaired) electrons. The van der Waals surface area contributed by atoms with Crippen LogP contribution in [-0.2, 0) is 0 Å². The van der Waals surface area contributed by atoms with Crippen LogP contribution in [-0.4, -0.2) is 17.6 Å². The van der Waals surface area contributed by atoms with Crippen LogP contribution in [0.4, 0.5) is 5.69 Å². The first-order valence-corrected chi connectivity index (χ1v) is 9.14. The molecule has 2 rings (SSSR count). The Balaban J connectivity index is 1.73. The normalized spacial score (nSPS) is 17.5. The van der Waals surface area contributed by atoms with Gasteiger partial charge in [-0.2, -0.15) is 0 Å². The van der Waals surface area contributed by atoms with Crippen molar-refractivity contribution in [2.24, 2.45) is 0 Å². The molecule has 1 heterocycles. The Bertz CT molecular complexity index is 427. The van der Waals surface area contributed by atoms with E-state index in [0.717, 1.165) is 6.42 Å². The summed E-state index contributed by atoms with van der Waals surface area (Å²) in [6.45, 7) is 5.75. The zero-order chi connectivity index (χ0) is 15.6. The van der Waals surface area contributed by atoms with Gasteiger partial charge in [-0.1, -0.05) is 70.6 Å². The minimum Gasteiger partial charge on any atom is -0.356 e. The summed E-state index contributed by atoms with van der Waals surface area (Å²) in [6.07, 6.45) is 15.8. The second kappa shape index (κ2) is 9.55. The van der Waals surface area contributed by atoms with Gasteiger partial charge in [0.25, 0.3) is 0 Å². The monoisotopic (exact) mass is 300 g/mol. The molecule has 0 fully saturated rings. The van der Waals surface area contributed by atoms with Crippen molar-refractivity contribution < 1.29 is 0 Å². The number of hydrogen-bond acceptors (Lipinski definition) is 2. The van der Waals surface area contributed by atoms with Gasteiger partial charge in [-0.15, -0.1) is 0 Å². The number of rotatable bonds is 10. The fraction of sp³-hybridized carbons (Fsp3) is 0.600. The van der Waals surface area contributed by atoms with E-state index in [1.54, 1.807) is 0 Å². The summed E-state index contributed by atoms with van der Waals surface area (Å²) in [5.74, 6) is 0. The molecule has 0 spiro atoms. The van der Waals surface area contributed by atoms with Crippen molar-refractivity contribution in [3.63, 3.8) is 0 Å². The third kappa shape index (κ3) is 4.79. The standard InChI is InChI=1S/C20H32N2/c1-3-5-6-7-8-9-13-16-21-17-18-22(20(21)4-2)19-14-11-10-12-15-19/h10-12,14-15,17-18,20H,3-9,13,16H2,1-2H3. The first kappa shape index (κ1) is 16.9. The van der Waals surface area contributed by atoms with E-state index in [9.17, 15) is 0 Å². The van der Waals surface area contributed by atoms with Gasteiger partial charge in [-0.25, -0.2) is 0 Å². The fourth-order valence-electron chi connectivity index (χ4n) is 3.28. The van der Waals surface area contributed by atoms with Gasteiger partial charge in [0, 0.05) is 24.6 Å². The number of benzene rings is 1. The summed E-state index contributed by atoms with van der Waals surface area (Å²) in [7, 11) is 0. The maximum Gasteiger partial charge on any atom is 0.105 e. The van der Waals surface area contributed by atoms with Gasteiger partial charge in [0.2, 0.25) is 0 Å². The Morgan fingerprint density at radius 1 is 0.818 bits per heavy atom. The molecule has 0 aliphatic carbocycles. The van der Waals surface area contributed by atoms with Crippen LogP contribution in [0.1, 0.15) is 65.2 Å². The van der Waals surface area contributed by atoms with Crippen molar-refractivity contribution in [3.8, 4) is 0 Å². The van der Waals surface area contributed by atoms with Crippen LogP contribution in [0.5, 0.6) is 0 Å². The third-order valence-corrected chi connectivity index (χ3v) is 4.56. The number of nitrogens with zero attached hydrogens (tertiary/aromatic N) is 2. The lowest BCUT2D eigenvalue weighted by molar-refractivity contribution is 0.285. The minimum absolute atomic E-state index is 0.488. The van der Waals surface area contributed by atoms with Crippen LogP contribution in [0.15, 0.2) is 42.7 Å². The first-order chi connectivity index (χ1) is 10.9. The molecule has 1 aromatic carbocycles. The molecule has 0 aromatic heterocycles. The average Bonchev–Trinajstić information content (AvgIpc) is 2.97. The predicted octanol–water partition coefficient (Wildman–Crippen LogP) is 5.77. The van der Waals surface area contributed by atoms with Crippen molar-refractivity contribution in [1.82, 2.24) is 4.90 Å². The van der Waals surface area contributed by atoms with Gasteiger partial charge < -0.3 is 9.80 Å². The van der Waals surface area contributed by atoms with Crippen LogP contribution in [0, 0.1) is 0 Å². The van der Waals surface area contributed by atoms with Gasteiger partial charge in [-0.05, 0) is 25.0 Å². The van der Waals surface area contributed by atoms with E-state index in [2.05, 4.69) is 66.4 Å². The molecule has 0 bridgehead atoms. The topological polar surface area (TPSA) is 6.48 Å². The quantitative estimate of drug-likeness (QED) is 0.506. The first-order valence-electron chi connectivity index (χ1n) is 9.14. The molecule has 0 saturated carbocycles. The molecule has 1 unspecified atom stereocenters. The molecule has 1 aliphatic rings. The van der Waals surface area contributed by atoms with E-state index < -0.39 is 0 Å². The summed E-state index contributed by atoms with van der Waals surface area (Å²) < 4.78 is 0. The molecular weight excluding hydrogens is 268 g/mol. The highest BCUT2D eigenvalue weighted by molar-refractivity contribution is 5.51. The summed E-state index contributed by atoms with van der Waals surface area (Å²) in [5.41, 5.74) is 1.30. The highest BCUT2D eigenvalue weighted by Crippen LogP contribution is 2.26. The molecule has 1 aromatic rings. The number of hydrogen-bond donors (Lipinski definition) is 0. The van der Waals surface area contributed by atoms with Crippen molar-refractivity contribution >= 4 is 5.69 Å². The average molecular weight is 300 g/mol. The molecule has 0 saturated heterocycles. The zero-order valence-electron chi connectivity index (χ0n) is 14.4. The Labute approximate surface area is 136 Å². The lowest BCUT2D eigenvalue weighted by Gasteiger charge is -2.32. The molecule has 1 atom stereocenters. The maximum absolute atomic E-state index is 2.51. The largest absolute Gasteiger partial charge is 0.356 e. The van der Waals surface area contributed by atoms with Crippen molar-refractivity contribution in [3.05, 3.63) is 42.7 Å². The van der Waals surface area contributed by atoms with Gasteiger partial charge in [0.05, 0.1) is 0 Å². The van der Waals surface area contributed by atoms with E-state index in [0.29, 0.717) is 6.17 Å². The third-order valence-electron chi connectivity index (χ3n) is 4.56. The van der Waals surface area contributed by atoms with Gasteiger partial charge in [0.15, 0.2) is 0 Å². The lowest BCUT2D eigenvalue weighted by Crippen LogP contribution is -2.38. The molecule has 0 amide bonds. The van der Waals surface area contributed by atoms with Crippen molar-refractivity contribution in [2.75, 3.05) is 11.4 Å². The van der Waals surface area contributed by atoms with Crippen molar-refractivity contribution in [2.45, 2.75) is 71.4 Å². The smallest absolute Gasteiger partial charge is 0.105 e. The van der Waals surface area contributed by atoms with Crippen molar-refractivity contribution in [1.29, 1.82) is 0 Å². The summed E-state index contributed by atoms with van der Waals surface area (Å²) in [5, 5.41) is 0. The maximum atomic E-state index is 2.51. The zero-order valence-corrected chi connectivity index (χ0v) is 14.4. The molecule has 1 aliphatic heterocycles. The van der Waals surface area contributed by atoms with E-state index in [4.69, 9.17) is 0 Å². The lowest BCUT2D eigenvalue weighted by atomic mass is 10.1. The molecule has 122 valence electrons. The van der Waals surface area contributed by atoms with Crippen LogP contribution < -0.4 is 4.90 Å². The van der Waals surface area contributed by atoms with Gasteiger partial charge in [0.1, 0.15) is 6.17 Å². The second-order valence-electron chi connectivity index (χ2n) is 6.29. The Kier molecular flexibility index (Phi) is 7.35. The Morgan fingerprint density at radius 2 is 1.50 bits per heavy atom. The van der Waals surface area contributed by atoms with Crippen LogP contribution in [0.25, 0.3) is 0 Å². The highest BCUT2D eigenvalue weighted by atomic mass is 15.4. The molecule has 2 heteroatoms. The highest BCUT2D eigenvalue weighted by Gasteiger charge is 2.24. The molecular formula is C20H32N2. The Morgan fingerprint density at radius 3 is 2.18 bits per heavy atom. The summed E-state index contributed by atoms with van der Waals surface area (Å²) in [6, 6.07) is 10.7. The van der Waals surface area contributed by atoms with E-state index >= 15 is 0 Å². The van der Waals surface area contributed by atoms with E-state index in [-0.39, 0.29) is 0 Å². The van der Waals surface area contributed by atoms with E-state index in [1.807, 2.05) is 0 Å². The fourth-order valence-corrected chi connectivity index (χ4v) is 3.28. The van der Waals surface area contributed by atoms with Gasteiger partial charge in [-0.3, -0.25) is 0 Å². The van der Waals surface area contributed by atoms with Crippen LogP contribution in [0.3, 0.4) is 0 Å². The molecule has 0 N–H and O–H groups in total. The van der Waals surface area contributed by atoms with E-state index in [1.165, 1.54) is 57.2 Å². The summed E-state index contributed by atoms with van der Waals surface area (Å²) >= 11 is 0. The number of para-hydroxylation sites is 1. The number of unbranched alkanes of at least 4 members (excludes halogenated alkanes) is 6. The Hall–Kier alpha value is -1.44. The van der Waals surface area contributed by atoms with Crippen LogP contribution >= 0.6 is 0 Å². The van der Waals surface area contributed by atoms with Crippen LogP contribution in [0.2, 0.25) is 0 Å². The van der Waals surface area contributed by atoms with Gasteiger partial charge >= 0.3 is 0 Å². The SMILES string of the molecule is CCCCCCCCCN1C=CN(c2ccccc2)C1CC. The second-order valence-corrected chi connectivity index (χ2v) is 6.29. The molecule has 22 heavy (non-hydrogen) atoms. The minimum atomic E-state index is 0.488. The number of anilines is 1.